The molecule has 0 atom stereocenters. The number of rotatable bonds is 3. The van der Waals surface area contributed by atoms with Crippen molar-refractivity contribution in [3.63, 3.8) is 0 Å². The first-order chi connectivity index (χ1) is 10.2. The molecule has 3 rings (SSSR count). The van der Waals surface area contributed by atoms with Gasteiger partial charge in [-0.25, -0.2) is 4.79 Å². The zero-order chi connectivity index (χ0) is 14.8. The highest BCUT2D eigenvalue weighted by molar-refractivity contribution is 7.98. The molecular weight excluding hydrogens is 280 g/mol. The summed E-state index contributed by atoms with van der Waals surface area (Å²) < 4.78 is 1.71. The van der Waals surface area contributed by atoms with Gasteiger partial charge < -0.3 is 0 Å². The minimum Gasteiger partial charge on any atom is -0.292 e. The lowest BCUT2D eigenvalue weighted by Crippen LogP contribution is -2.23. The van der Waals surface area contributed by atoms with Gasteiger partial charge in [-0.15, -0.1) is 11.8 Å². The minimum absolute atomic E-state index is 0.194. The van der Waals surface area contributed by atoms with Crippen molar-refractivity contribution in [2.45, 2.75) is 18.4 Å². The van der Waals surface area contributed by atoms with Gasteiger partial charge in [0, 0.05) is 22.4 Å². The van der Waals surface area contributed by atoms with Gasteiger partial charge in [0.2, 0.25) is 0 Å². The van der Waals surface area contributed by atoms with E-state index in [1.807, 2.05) is 55.6 Å². The molecule has 0 radical (unpaired) electrons. The SMILES string of the molecule is CCn1c(=O)nc(-c2ccccc2)c2cc(SC)ccc21. The van der Waals surface area contributed by atoms with Crippen LogP contribution in [0.5, 0.6) is 0 Å². The maximum absolute atomic E-state index is 12.3. The van der Waals surface area contributed by atoms with E-state index in [1.165, 1.54) is 4.90 Å². The van der Waals surface area contributed by atoms with E-state index in [9.17, 15) is 4.79 Å². The van der Waals surface area contributed by atoms with E-state index in [-0.39, 0.29) is 5.69 Å². The second-order valence-corrected chi connectivity index (χ2v) is 5.62. The summed E-state index contributed by atoms with van der Waals surface area (Å²) in [6.45, 7) is 2.59. The molecule has 0 unspecified atom stereocenters. The van der Waals surface area contributed by atoms with Crippen LogP contribution in [0.25, 0.3) is 22.2 Å². The van der Waals surface area contributed by atoms with Crippen molar-refractivity contribution < 1.29 is 0 Å². The molecule has 0 saturated heterocycles. The largest absolute Gasteiger partial charge is 0.348 e. The van der Waals surface area contributed by atoms with Gasteiger partial charge in [0.15, 0.2) is 0 Å². The van der Waals surface area contributed by atoms with E-state index in [2.05, 4.69) is 11.1 Å². The van der Waals surface area contributed by atoms with Gasteiger partial charge in [0.25, 0.3) is 0 Å². The molecule has 2 aromatic carbocycles. The Morgan fingerprint density at radius 3 is 2.57 bits per heavy atom. The standard InChI is InChI=1S/C17H16N2OS/c1-3-19-15-10-9-13(21-2)11-14(15)16(18-17(19)20)12-7-5-4-6-8-12/h4-11H,3H2,1-2H3. The molecule has 106 valence electrons. The zero-order valence-electron chi connectivity index (χ0n) is 12.0. The van der Waals surface area contributed by atoms with Crippen molar-refractivity contribution in [2.75, 3.05) is 6.26 Å². The topological polar surface area (TPSA) is 34.9 Å². The first-order valence-electron chi connectivity index (χ1n) is 6.88. The van der Waals surface area contributed by atoms with Gasteiger partial charge in [-0.1, -0.05) is 30.3 Å². The second kappa shape index (κ2) is 5.74. The molecule has 0 bridgehead atoms. The molecular formula is C17H16N2OS. The number of hydrogen-bond acceptors (Lipinski definition) is 3. The van der Waals surface area contributed by atoms with Gasteiger partial charge in [-0.3, -0.25) is 4.57 Å². The maximum Gasteiger partial charge on any atom is 0.348 e. The van der Waals surface area contributed by atoms with Gasteiger partial charge >= 0.3 is 5.69 Å². The predicted octanol–water partition coefficient (Wildman–Crippen LogP) is 3.81. The van der Waals surface area contributed by atoms with Gasteiger partial charge in [-0.2, -0.15) is 4.98 Å². The third-order valence-corrected chi connectivity index (χ3v) is 4.28. The second-order valence-electron chi connectivity index (χ2n) is 4.74. The zero-order valence-corrected chi connectivity index (χ0v) is 12.9. The van der Waals surface area contributed by atoms with Crippen LogP contribution in [0.1, 0.15) is 6.92 Å². The molecule has 3 aromatic rings. The third kappa shape index (κ3) is 2.47. The highest BCUT2D eigenvalue weighted by Gasteiger charge is 2.11. The number of nitrogens with zero attached hydrogens (tertiary/aromatic N) is 2. The normalized spacial score (nSPS) is 11.0. The molecule has 0 spiro atoms. The monoisotopic (exact) mass is 296 g/mol. The number of benzene rings is 2. The Morgan fingerprint density at radius 2 is 1.90 bits per heavy atom. The Kier molecular flexibility index (Phi) is 3.80. The summed E-state index contributed by atoms with van der Waals surface area (Å²) in [5, 5.41) is 1.02. The molecule has 1 heterocycles. The molecule has 0 saturated carbocycles. The highest BCUT2D eigenvalue weighted by atomic mass is 32.2. The summed E-state index contributed by atoms with van der Waals surface area (Å²) in [5.41, 5.74) is 2.48. The molecule has 0 fully saturated rings. The van der Waals surface area contributed by atoms with E-state index in [4.69, 9.17) is 0 Å². The van der Waals surface area contributed by atoms with Crippen molar-refractivity contribution in [1.29, 1.82) is 0 Å². The van der Waals surface area contributed by atoms with E-state index in [0.717, 1.165) is 22.2 Å². The number of aryl methyl sites for hydroxylation is 1. The lowest BCUT2D eigenvalue weighted by Gasteiger charge is -2.12. The number of hydrogen-bond donors (Lipinski definition) is 0. The average Bonchev–Trinajstić information content (AvgIpc) is 2.54. The van der Waals surface area contributed by atoms with Crippen LogP contribution in [-0.2, 0) is 6.54 Å². The van der Waals surface area contributed by atoms with Crippen molar-refractivity contribution in [3.8, 4) is 11.3 Å². The summed E-state index contributed by atoms with van der Waals surface area (Å²) in [4.78, 5) is 17.7. The van der Waals surface area contributed by atoms with Gasteiger partial charge in [0.05, 0.1) is 11.2 Å². The number of fused-ring (bicyclic) bond motifs is 1. The van der Waals surface area contributed by atoms with E-state index in [0.29, 0.717) is 6.54 Å². The van der Waals surface area contributed by atoms with Crippen molar-refractivity contribution in [2.24, 2.45) is 0 Å². The molecule has 3 nitrogen and oxygen atoms in total. The smallest absolute Gasteiger partial charge is 0.292 e. The van der Waals surface area contributed by atoms with Crippen LogP contribution in [0.2, 0.25) is 0 Å². The van der Waals surface area contributed by atoms with Gasteiger partial charge in [-0.05, 0) is 31.4 Å². The summed E-state index contributed by atoms with van der Waals surface area (Å²) >= 11 is 1.69. The van der Waals surface area contributed by atoms with Crippen LogP contribution < -0.4 is 5.69 Å². The quantitative estimate of drug-likeness (QED) is 0.689. The molecule has 1 aromatic heterocycles. The molecule has 0 N–H and O–H groups in total. The Labute approximate surface area is 127 Å². The molecule has 21 heavy (non-hydrogen) atoms. The van der Waals surface area contributed by atoms with Crippen molar-refractivity contribution >= 4 is 22.7 Å². The number of aromatic nitrogens is 2. The molecule has 0 amide bonds. The third-order valence-electron chi connectivity index (χ3n) is 3.55. The van der Waals surface area contributed by atoms with Crippen LogP contribution in [0.15, 0.2) is 58.2 Å². The van der Waals surface area contributed by atoms with E-state index in [1.54, 1.807) is 16.3 Å². The van der Waals surface area contributed by atoms with Crippen LogP contribution >= 0.6 is 11.8 Å². The lowest BCUT2D eigenvalue weighted by atomic mass is 10.1. The summed E-state index contributed by atoms with van der Waals surface area (Å²) in [6, 6.07) is 16.0. The highest BCUT2D eigenvalue weighted by Crippen LogP contribution is 2.28. The molecule has 0 aliphatic rings. The van der Waals surface area contributed by atoms with Crippen LogP contribution in [0, 0.1) is 0 Å². The Morgan fingerprint density at radius 1 is 1.14 bits per heavy atom. The number of thioether (sulfide) groups is 1. The summed E-state index contributed by atoms with van der Waals surface area (Å²) in [7, 11) is 0. The van der Waals surface area contributed by atoms with Crippen molar-refractivity contribution in [3.05, 3.63) is 59.0 Å². The Balaban J connectivity index is 2.41. The van der Waals surface area contributed by atoms with Crippen LogP contribution in [0.4, 0.5) is 0 Å². The minimum atomic E-state index is -0.194. The first kappa shape index (κ1) is 13.9. The maximum atomic E-state index is 12.3. The van der Waals surface area contributed by atoms with Crippen LogP contribution in [-0.4, -0.2) is 15.8 Å². The molecule has 4 heteroatoms. The summed E-state index contributed by atoms with van der Waals surface area (Å²) in [6.07, 6.45) is 2.05. The fourth-order valence-electron chi connectivity index (χ4n) is 2.51. The van der Waals surface area contributed by atoms with Gasteiger partial charge in [0.1, 0.15) is 0 Å². The molecule has 0 aliphatic heterocycles. The average molecular weight is 296 g/mol. The summed E-state index contributed by atoms with van der Waals surface area (Å²) in [5.74, 6) is 0. The lowest BCUT2D eigenvalue weighted by molar-refractivity contribution is 0.732. The van der Waals surface area contributed by atoms with Crippen molar-refractivity contribution in [1.82, 2.24) is 9.55 Å². The van der Waals surface area contributed by atoms with Crippen LogP contribution in [0.3, 0.4) is 0 Å². The predicted molar refractivity (Wildman–Crippen MR) is 88.9 cm³/mol. The molecule has 0 aliphatic carbocycles. The van der Waals surface area contributed by atoms with E-state index < -0.39 is 0 Å². The Bertz CT molecular complexity index is 841. The Hall–Kier alpha value is -2.07. The van der Waals surface area contributed by atoms with E-state index >= 15 is 0 Å². The fourth-order valence-corrected chi connectivity index (χ4v) is 2.95. The fraction of sp³-hybridized carbons (Fsp3) is 0.176. The first-order valence-corrected chi connectivity index (χ1v) is 8.11.